The van der Waals surface area contributed by atoms with E-state index in [0.717, 1.165) is 5.56 Å². The van der Waals surface area contributed by atoms with Gasteiger partial charge in [0.15, 0.2) is 5.78 Å². The zero-order valence-electron chi connectivity index (χ0n) is 10.2. The molecule has 0 unspecified atom stereocenters. The lowest BCUT2D eigenvalue weighted by atomic mass is 10.0. The summed E-state index contributed by atoms with van der Waals surface area (Å²) in [4.78, 5) is 16.2. The number of aromatic nitrogens is 1. The van der Waals surface area contributed by atoms with Crippen molar-refractivity contribution in [1.82, 2.24) is 4.98 Å². The third-order valence-electron chi connectivity index (χ3n) is 2.63. The molecule has 3 nitrogen and oxygen atoms in total. The molecule has 0 bridgehead atoms. The predicted molar refractivity (Wildman–Crippen MR) is 75.3 cm³/mol. The Bertz CT molecular complexity index is 614. The Morgan fingerprint density at radius 1 is 1.32 bits per heavy atom. The fourth-order valence-electron chi connectivity index (χ4n) is 1.70. The van der Waals surface area contributed by atoms with Gasteiger partial charge >= 0.3 is 0 Å². The number of pyridine rings is 1. The van der Waals surface area contributed by atoms with Gasteiger partial charge in [0.05, 0.1) is 12.7 Å². The van der Waals surface area contributed by atoms with Gasteiger partial charge in [-0.1, -0.05) is 29.3 Å². The lowest BCUT2D eigenvalue weighted by Gasteiger charge is -2.07. The van der Waals surface area contributed by atoms with Crippen LogP contribution in [0.1, 0.15) is 15.9 Å². The molecular formula is C14H11Cl2NO2. The molecule has 0 saturated carbocycles. The van der Waals surface area contributed by atoms with Crippen molar-refractivity contribution in [3.63, 3.8) is 0 Å². The minimum Gasteiger partial charge on any atom is -0.480 e. The fraction of sp³-hybridized carbons (Fsp3) is 0.143. The van der Waals surface area contributed by atoms with Gasteiger partial charge in [0.2, 0.25) is 5.88 Å². The van der Waals surface area contributed by atoms with Crippen LogP contribution in [0.25, 0.3) is 0 Å². The van der Waals surface area contributed by atoms with E-state index < -0.39 is 0 Å². The van der Waals surface area contributed by atoms with Gasteiger partial charge in [-0.3, -0.25) is 4.79 Å². The molecule has 98 valence electrons. The summed E-state index contributed by atoms with van der Waals surface area (Å²) in [5.74, 6) is 0.215. The lowest BCUT2D eigenvalue weighted by Crippen LogP contribution is -2.07. The summed E-state index contributed by atoms with van der Waals surface area (Å²) < 4.78 is 5.07. The molecule has 1 aromatic heterocycles. The molecular weight excluding hydrogens is 285 g/mol. The van der Waals surface area contributed by atoms with Crippen molar-refractivity contribution in [2.75, 3.05) is 7.11 Å². The molecule has 1 aromatic carbocycles. The Morgan fingerprint density at radius 2 is 2.11 bits per heavy atom. The molecule has 0 atom stereocenters. The summed E-state index contributed by atoms with van der Waals surface area (Å²) in [5.41, 5.74) is 1.16. The van der Waals surface area contributed by atoms with Gasteiger partial charge in [-0.15, -0.1) is 0 Å². The molecule has 0 amide bonds. The number of ether oxygens (including phenoxy) is 1. The van der Waals surface area contributed by atoms with Gasteiger partial charge in [0.1, 0.15) is 0 Å². The number of ketones is 1. The lowest BCUT2D eigenvalue weighted by molar-refractivity contribution is 0.0989. The Hall–Kier alpha value is -1.58. The second-order valence-electron chi connectivity index (χ2n) is 3.90. The highest BCUT2D eigenvalue weighted by molar-refractivity contribution is 6.35. The summed E-state index contributed by atoms with van der Waals surface area (Å²) >= 11 is 11.9. The standard InChI is InChI=1S/C14H11Cl2NO2/c1-19-14-11(3-2-6-17-14)13(18)7-9-4-5-10(15)8-12(9)16/h2-6,8H,7H2,1H3. The van der Waals surface area contributed by atoms with E-state index in [1.54, 1.807) is 36.5 Å². The highest BCUT2D eigenvalue weighted by Crippen LogP contribution is 2.23. The van der Waals surface area contributed by atoms with Gasteiger partial charge in [-0.25, -0.2) is 4.98 Å². The van der Waals surface area contributed by atoms with E-state index in [1.807, 2.05) is 0 Å². The number of halogens is 2. The van der Waals surface area contributed by atoms with E-state index in [0.29, 0.717) is 21.5 Å². The van der Waals surface area contributed by atoms with Gasteiger partial charge in [0, 0.05) is 22.7 Å². The van der Waals surface area contributed by atoms with Crippen LogP contribution < -0.4 is 4.74 Å². The monoisotopic (exact) mass is 295 g/mol. The van der Waals surface area contributed by atoms with E-state index in [9.17, 15) is 4.79 Å². The molecule has 2 rings (SSSR count). The molecule has 2 aromatic rings. The zero-order valence-corrected chi connectivity index (χ0v) is 11.7. The number of Topliss-reactive ketones (excluding diaryl/α,β-unsaturated/α-hetero) is 1. The maximum Gasteiger partial charge on any atom is 0.224 e. The molecule has 0 aliphatic rings. The number of benzene rings is 1. The first kappa shape index (κ1) is 13.8. The van der Waals surface area contributed by atoms with Gasteiger partial charge in [0.25, 0.3) is 0 Å². The smallest absolute Gasteiger partial charge is 0.224 e. The predicted octanol–water partition coefficient (Wildman–Crippen LogP) is 3.82. The third kappa shape index (κ3) is 3.25. The average molecular weight is 296 g/mol. The van der Waals surface area contributed by atoms with Gasteiger partial charge in [-0.05, 0) is 29.8 Å². The Morgan fingerprint density at radius 3 is 2.79 bits per heavy atom. The van der Waals surface area contributed by atoms with Crippen LogP contribution in [0.5, 0.6) is 5.88 Å². The van der Waals surface area contributed by atoms with Gasteiger partial charge < -0.3 is 4.74 Å². The zero-order chi connectivity index (χ0) is 13.8. The van der Waals surface area contributed by atoms with E-state index in [-0.39, 0.29) is 12.2 Å². The van der Waals surface area contributed by atoms with Crippen LogP contribution in [-0.2, 0) is 6.42 Å². The number of methoxy groups -OCH3 is 1. The summed E-state index contributed by atoms with van der Waals surface area (Å²) in [7, 11) is 1.48. The van der Waals surface area contributed by atoms with Crippen LogP contribution in [0.2, 0.25) is 10.0 Å². The van der Waals surface area contributed by atoms with Crippen LogP contribution >= 0.6 is 23.2 Å². The minimum absolute atomic E-state index is 0.103. The highest BCUT2D eigenvalue weighted by Gasteiger charge is 2.14. The van der Waals surface area contributed by atoms with Crippen molar-refractivity contribution >= 4 is 29.0 Å². The van der Waals surface area contributed by atoms with Crippen LogP contribution in [0.3, 0.4) is 0 Å². The average Bonchev–Trinajstić information content (AvgIpc) is 2.41. The number of hydrogen-bond donors (Lipinski definition) is 0. The van der Waals surface area contributed by atoms with Crippen LogP contribution in [0.15, 0.2) is 36.5 Å². The van der Waals surface area contributed by atoms with Crippen LogP contribution in [0, 0.1) is 0 Å². The molecule has 5 heteroatoms. The molecule has 0 radical (unpaired) electrons. The van der Waals surface area contributed by atoms with Crippen molar-refractivity contribution in [3.05, 3.63) is 57.7 Å². The largest absolute Gasteiger partial charge is 0.480 e. The molecule has 0 saturated heterocycles. The topological polar surface area (TPSA) is 39.2 Å². The quantitative estimate of drug-likeness (QED) is 0.805. The summed E-state index contributed by atoms with van der Waals surface area (Å²) in [5, 5.41) is 1.02. The number of nitrogens with zero attached hydrogens (tertiary/aromatic N) is 1. The molecule has 1 heterocycles. The van der Waals surface area contributed by atoms with E-state index in [4.69, 9.17) is 27.9 Å². The van der Waals surface area contributed by atoms with Crippen molar-refractivity contribution in [3.8, 4) is 5.88 Å². The Labute approximate surface area is 121 Å². The Kier molecular flexibility index (Phi) is 4.40. The van der Waals surface area contributed by atoms with Crippen molar-refractivity contribution in [2.45, 2.75) is 6.42 Å². The number of hydrogen-bond acceptors (Lipinski definition) is 3. The van der Waals surface area contributed by atoms with Crippen molar-refractivity contribution in [2.24, 2.45) is 0 Å². The summed E-state index contributed by atoms with van der Waals surface area (Å²) in [6.45, 7) is 0. The fourth-order valence-corrected chi connectivity index (χ4v) is 2.17. The van der Waals surface area contributed by atoms with Gasteiger partial charge in [-0.2, -0.15) is 0 Å². The highest BCUT2D eigenvalue weighted by atomic mass is 35.5. The first-order valence-electron chi connectivity index (χ1n) is 5.58. The third-order valence-corrected chi connectivity index (χ3v) is 3.22. The second-order valence-corrected chi connectivity index (χ2v) is 4.74. The molecule has 0 spiro atoms. The SMILES string of the molecule is COc1ncccc1C(=O)Cc1ccc(Cl)cc1Cl. The second kappa shape index (κ2) is 6.04. The molecule has 0 fully saturated rings. The normalized spacial score (nSPS) is 10.3. The molecule has 19 heavy (non-hydrogen) atoms. The number of carbonyl (C=O) groups excluding carboxylic acids is 1. The first-order valence-corrected chi connectivity index (χ1v) is 6.33. The van der Waals surface area contributed by atoms with Crippen molar-refractivity contribution in [1.29, 1.82) is 0 Å². The van der Waals surface area contributed by atoms with E-state index in [1.165, 1.54) is 7.11 Å². The molecule has 0 aliphatic heterocycles. The number of rotatable bonds is 4. The number of carbonyl (C=O) groups is 1. The molecule has 0 aliphatic carbocycles. The van der Waals surface area contributed by atoms with E-state index >= 15 is 0 Å². The summed E-state index contributed by atoms with van der Waals surface area (Å²) in [6, 6.07) is 8.44. The maximum absolute atomic E-state index is 12.2. The van der Waals surface area contributed by atoms with Crippen LogP contribution in [-0.4, -0.2) is 17.9 Å². The van der Waals surface area contributed by atoms with E-state index in [2.05, 4.69) is 4.98 Å². The summed E-state index contributed by atoms with van der Waals surface area (Å²) in [6.07, 6.45) is 1.75. The minimum atomic E-state index is -0.103. The Balaban J connectivity index is 2.26. The first-order chi connectivity index (χ1) is 9.11. The van der Waals surface area contributed by atoms with Crippen LogP contribution in [0.4, 0.5) is 0 Å². The maximum atomic E-state index is 12.2. The van der Waals surface area contributed by atoms with Crippen molar-refractivity contribution < 1.29 is 9.53 Å². The molecule has 0 N–H and O–H groups in total.